The van der Waals surface area contributed by atoms with E-state index < -0.39 is 11.2 Å². The summed E-state index contributed by atoms with van der Waals surface area (Å²) in [4.78, 5) is 36.0. The maximum atomic E-state index is 12.6. The number of unbranched alkanes of at least 4 members (excludes halogenated alkanes) is 1. The first-order valence-electron chi connectivity index (χ1n) is 10.6. The molecule has 0 saturated heterocycles. The Morgan fingerprint density at radius 3 is 2.65 bits per heavy atom. The number of nitrogens with zero attached hydrogens (tertiary/aromatic N) is 3. The van der Waals surface area contributed by atoms with Gasteiger partial charge in [-0.1, -0.05) is 38.5 Å². The summed E-state index contributed by atoms with van der Waals surface area (Å²) in [5.41, 5.74) is -0.0953. The average Bonchev–Trinajstić information content (AvgIpc) is 2.76. The van der Waals surface area contributed by atoms with Crippen molar-refractivity contribution in [3.8, 4) is 11.6 Å². The summed E-state index contributed by atoms with van der Waals surface area (Å²) in [6, 6.07) is 7.46. The standard InChI is InChI=1S/C22H31N3O6/c1-5-7-13-25-21(27)20(23-24(4)22(25)28)29-14-12-17-10-8-9-11-18(17)31-16(3)15-30-19(26)6-2/h8-11,16H,5-7,12-15H2,1-4H3. The van der Waals surface area contributed by atoms with Gasteiger partial charge >= 0.3 is 17.2 Å². The Morgan fingerprint density at radius 1 is 1.19 bits per heavy atom. The van der Waals surface area contributed by atoms with Gasteiger partial charge in [0.2, 0.25) is 0 Å². The van der Waals surface area contributed by atoms with E-state index in [1.807, 2.05) is 38.1 Å². The number of ether oxygens (including phenoxy) is 3. The maximum Gasteiger partial charge on any atom is 0.347 e. The molecule has 170 valence electrons. The van der Waals surface area contributed by atoms with E-state index >= 15 is 0 Å². The average molecular weight is 434 g/mol. The van der Waals surface area contributed by atoms with Crippen LogP contribution in [0.2, 0.25) is 0 Å². The van der Waals surface area contributed by atoms with Crippen molar-refractivity contribution in [3.05, 3.63) is 50.7 Å². The van der Waals surface area contributed by atoms with Gasteiger partial charge in [-0.05, 0) is 25.0 Å². The highest BCUT2D eigenvalue weighted by molar-refractivity contribution is 5.68. The van der Waals surface area contributed by atoms with Crippen LogP contribution < -0.4 is 20.7 Å². The van der Waals surface area contributed by atoms with Crippen LogP contribution in [0.5, 0.6) is 11.6 Å². The van der Waals surface area contributed by atoms with Crippen LogP contribution in [0, 0.1) is 0 Å². The number of carbonyl (C=O) groups excluding carboxylic acids is 1. The van der Waals surface area contributed by atoms with Gasteiger partial charge in [0.25, 0.3) is 5.88 Å². The molecule has 1 heterocycles. The quantitative estimate of drug-likeness (QED) is 0.472. The molecular formula is C22H31N3O6. The summed E-state index contributed by atoms with van der Waals surface area (Å²) in [6.07, 6.45) is 2.06. The molecule has 0 saturated carbocycles. The van der Waals surface area contributed by atoms with Crippen LogP contribution in [0.4, 0.5) is 0 Å². The zero-order chi connectivity index (χ0) is 22.8. The van der Waals surface area contributed by atoms with E-state index in [0.717, 1.165) is 27.7 Å². The van der Waals surface area contributed by atoms with Gasteiger partial charge in [0.15, 0.2) is 0 Å². The third-order valence-electron chi connectivity index (χ3n) is 4.59. The largest absolute Gasteiger partial charge is 0.487 e. The third kappa shape index (κ3) is 6.97. The normalized spacial score (nSPS) is 11.7. The number of para-hydroxylation sites is 1. The van der Waals surface area contributed by atoms with Gasteiger partial charge < -0.3 is 14.2 Å². The highest BCUT2D eigenvalue weighted by Crippen LogP contribution is 2.20. The lowest BCUT2D eigenvalue weighted by atomic mass is 10.1. The Morgan fingerprint density at radius 2 is 1.94 bits per heavy atom. The van der Waals surface area contributed by atoms with Crippen LogP contribution in [0.3, 0.4) is 0 Å². The van der Waals surface area contributed by atoms with Crippen molar-refractivity contribution in [2.75, 3.05) is 13.2 Å². The number of benzene rings is 1. The number of hydrogen-bond acceptors (Lipinski definition) is 7. The summed E-state index contributed by atoms with van der Waals surface area (Å²) in [7, 11) is 1.49. The molecule has 1 aromatic heterocycles. The van der Waals surface area contributed by atoms with Crippen molar-refractivity contribution >= 4 is 5.97 Å². The van der Waals surface area contributed by atoms with Gasteiger partial charge in [0.1, 0.15) is 18.5 Å². The lowest BCUT2D eigenvalue weighted by Gasteiger charge is -2.17. The lowest BCUT2D eigenvalue weighted by molar-refractivity contribution is -0.145. The molecular weight excluding hydrogens is 402 g/mol. The number of carbonyl (C=O) groups is 1. The molecule has 0 aliphatic rings. The summed E-state index contributed by atoms with van der Waals surface area (Å²) in [5.74, 6) is 0.280. The molecule has 2 aromatic rings. The molecule has 31 heavy (non-hydrogen) atoms. The molecule has 1 unspecified atom stereocenters. The molecule has 0 bridgehead atoms. The van der Waals surface area contributed by atoms with Gasteiger partial charge in [-0.25, -0.2) is 9.48 Å². The van der Waals surface area contributed by atoms with Crippen LogP contribution in [0.25, 0.3) is 0 Å². The van der Waals surface area contributed by atoms with Crippen LogP contribution in [-0.2, 0) is 29.5 Å². The van der Waals surface area contributed by atoms with E-state index in [-0.39, 0.29) is 31.2 Å². The SMILES string of the molecule is CCCCn1c(=O)c(OCCc2ccccc2OC(C)COC(=O)CC)nn(C)c1=O. The Kier molecular flexibility index (Phi) is 9.30. The van der Waals surface area contributed by atoms with E-state index in [1.54, 1.807) is 6.92 Å². The minimum absolute atomic E-state index is 0.101. The van der Waals surface area contributed by atoms with Crippen molar-refractivity contribution in [2.24, 2.45) is 7.05 Å². The van der Waals surface area contributed by atoms with Gasteiger partial charge in [0.05, 0.1) is 6.61 Å². The molecule has 0 fully saturated rings. The van der Waals surface area contributed by atoms with E-state index in [9.17, 15) is 14.4 Å². The predicted molar refractivity (Wildman–Crippen MR) is 116 cm³/mol. The lowest BCUT2D eigenvalue weighted by Crippen LogP contribution is -2.41. The first-order valence-corrected chi connectivity index (χ1v) is 10.6. The molecule has 9 nitrogen and oxygen atoms in total. The smallest absolute Gasteiger partial charge is 0.347 e. The second kappa shape index (κ2) is 11.9. The molecule has 9 heteroatoms. The van der Waals surface area contributed by atoms with Crippen LogP contribution in [-0.4, -0.2) is 39.6 Å². The monoisotopic (exact) mass is 433 g/mol. The van der Waals surface area contributed by atoms with Gasteiger partial charge in [0, 0.05) is 26.4 Å². The van der Waals surface area contributed by atoms with Crippen molar-refractivity contribution in [1.29, 1.82) is 0 Å². The fourth-order valence-electron chi connectivity index (χ4n) is 2.85. The number of hydrogen-bond donors (Lipinski definition) is 0. The molecule has 1 atom stereocenters. The minimum Gasteiger partial charge on any atom is -0.487 e. The van der Waals surface area contributed by atoms with Crippen LogP contribution >= 0.6 is 0 Å². The second-order valence-electron chi connectivity index (χ2n) is 7.19. The topological polar surface area (TPSA) is 102 Å². The maximum absolute atomic E-state index is 12.6. The highest BCUT2D eigenvalue weighted by Gasteiger charge is 2.14. The second-order valence-corrected chi connectivity index (χ2v) is 7.19. The van der Waals surface area contributed by atoms with E-state index in [2.05, 4.69) is 5.10 Å². The Hall–Kier alpha value is -3.10. The Bertz CT molecular complexity index is 982. The number of rotatable bonds is 12. The van der Waals surface area contributed by atoms with Crippen molar-refractivity contribution in [3.63, 3.8) is 0 Å². The summed E-state index contributed by atoms with van der Waals surface area (Å²) in [6.45, 7) is 6.23. The Labute approximate surface area is 181 Å². The summed E-state index contributed by atoms with van der Waals surface area (Å²) < 4.78 is 18.9. The molecule has 0 radical (unpaired) electrons. The summed E-state index contributed by atoms with van der Waals surface area (Å²) in [5, 5.41) is 3.96. The minimum atomic E-state index is -0.521. The molecule has 0 amide bonds. The van der Waals surface area contributed by atoms with Crippen molar-refractivity contribution in [2.45, 2.75) is 59.1 Å². The fraction of sp³-hybridized carbons (Fsp3) is 0.545. The van der Waals surface area contributed by atoms with Gasteiger partial charge in [-0.2, -0.15) is 0 Å². The van der Waals surface area contributed by atoms with E-state index in [0.29, 0.717) is 25.1 Å². The molecule has 2 rings (SSSR count). The molecule has 0 aliphatic carbocycles. The fourth-order valence-corrected chi connectivity index (χ4v) is 2.85. The predicted octanol–water partition coefficient (Wildman–Crippen LogP) is 2.08. The van der Waals surface area contributed by atoms with E-state index in [4.69, 9.17) is 14.2 Å². The third-order valence-corrected chi connectivity index (χ3v) is 4.59. The van der Waals surface area contributed by atoms with E-state index in [1.165, 1.54) is 7.05 Å². The molecule has 1 aromatic carbocycles. The van der Waals surface area contributed by atoms with Crippen molar-refractivity contribution < 1.29 is 19.0 Å². The number of aryl methyl sites for hydroxylation is 1. The highest BCUT2D eigenvalue weighted by atomic mass is 16.6. The van der Waals surface area contributed by atoms with Gasteiger partial charge in [-0.15, -0.1) is 5.10 Å². The first-order chi connectivity index (χ1) is 14.9. The summed E-state index contributed by atoms with van der Waals surface area (Å²) >= 11 is 0. The Balaban J connectivity index is 2.03. The van der Waals surface area contributed by atoms with Gasteiger partial charge in [-0.3, -0.25) is 14.2 Å². The number of aromatic nitrogens is 3. The van der Waals surface area contributed by atoms with Crippen LogP contribution in [0.15, 0.2) is 33.9 Å². The molecule has 0 aliphatic heterocycles. The zero-order valence-electron chi connectivity index (χ0n) is 18.6. The molecule has 0 spiro atoms. The first kappa shape index (κ1) is 24.2. The molecule has 0 N–H and O–H groups in total. The zero-order valence-corrected chi connectivity index (χ0v) is 18.6. The van der Waals surface area contributed by atoms with Crippen molar-refractivity contribution in [1.82, 2.24) is 14.3 Å². The number of esters is 1. The van der Waals surface area contributed by atoms with Crippen LogP contribution in [0.1, 0.15) is 45.6 Å².